The molecule has 0 aliphatic carbocycles. The van der Waals surface area contributed by atoms with E-state index < -0.39 is 31.2 Å². The van der Waals surface area contributed by atoms with Crippen molar-refractivity contribution in [2.24, 2.45) is 5.92 Å². The zero-order chi connectivity index (χ0) is 15.1. The first-order valence-electron chi connectivity index (χ1n) is 5.76. The van der Waals surface area contributed by atoms with Gasteiger partial charge in [0.25, 0.3) is 0 Å². The van der Waals surface area contributed by atoms with Gasteiger partial charge < -0.3 is 14.7 Å². The van der Waals surface area contributed by atoms with Crippen LogP contribution in [0.25, 0.3) is 0 Å². The summed E-state index contributed by atoms with van der Waals surface area (Å²) in [6, 6.07) is 0. The maximum absolute atomic E-state index is 11.8. The van der Waals surface area contributed by atoms with Crippen molar-refractivity contribution >= 4 is 11.9 Å². The first-order chi connectivity index (χ1) is 8.61. The van der Waals surface area contributed by atoms with Gasteiger partial charge in [-0.25, -0.2) is 0 Å². The summed E-state index contributed by atoms with van der Waals surface area (Å²) in [6.45, 7) is 1.60. The Labute approximate surface area is 109 Å². The van der Waals surface area contributed by atoms with Crippen LogP contribution < -0.4 is 0 Å². The molecular formula is C11H18F3NO4. The van der Waals surface area contributed by atoms with Crippen LogP contribution in [0, 0.1) is 5.92 Å². The number of rotatable bonds is 8. The van der Waals surface area contributed by atoms with Gasteiger partial charge in [-0.05, 0) is 5.92 Å². The summed E-state index contributed by atoms with van der Waals surface area (Å²) >= 11 is 0. The van der Waals surface area contributed by atoms with Crippen LogP contribution in [0.2, 0.25) is 0 Å². The summed E-state index contributed by atoms with van der Waals surface area (Å²) in [7, 11) is 0. The SMILES string of the molecule is CC(C)CN(CC(=O)O)C(=O)CCOCC(F)(F)F. The summed E-state index contributed by atoms with van der Waals surface area (Å²) in [5.74, 6) is -1.62. The van der Waals surface area contributed by atoms with Gasteiger partial charge in [-0.1, -0.05) is 13.8 Å². The fourth-order valence-corrected chi connectivity index (χ4v) is 1.36. The summed E-state index contributed by atoms with van der Waals surface area (Å²) < 4.78 is 39.7. The van der Waals surface area contributed by atoms with Crippen molar-refractivity contribution in [3.05, 3.63) is 0 Å². The monoisotopic (exact) mass is 285 g/mol. The number of alkyl halides is 3. The molecule has 0 heterocycles. The van der Waals surface area contributed by atoms with E-state index in [0.717, 1.165) is 4.90 Å². The molecule has 8 heteroatoms. The molecule has 0 spiro atoms. The molecule has 1 amide bonds. The van der Waals surface area contributed by atoms with Gasteiger partial charge >= 0.3 is 12.1 Å². The molecule has 0 aliphatic rings. The molecule has 112 valence electrons. The molecule has 0 rings (SSSR count). The van der Waals surface area contributed by atoms with Crippen LogP contribution in [-0.2, 0) is 14.3 Å². The van der Waals surface area contributed by atoms with E-state index in [0.29, 0.717) is 0 Å². The molecule has 1 N–H and O–H groups in total. The number of carbonyl (C=O) groups excluding carboxylic acids is 1. The van der Waals surface area contributed by atoms with Crippen molar-refractivity contribution in [3.63, 3.8) is 0 Å². The summed E-state index contributed by atoms with van der Waals surface area (Å²) in [5.41, 5.74) is 0. The Bertz CT molecular complexity index is 305. The van der Waals surface area contributed by atoms with Gasteiger partial charge in [0.15, 0.2) is 0 Å². The van der Waals surface area contributed by atoms with Gasteiger partial charge in [-0.2, -0.15) is 13.2 Å². The fourth-order valence-electron chi connectivity index (χ4n) is 1.36. The smallest absolute Gasteiger partial charge is 0.411 e. The molecule has 0 aromatic heterocycles. The molecule has 0 bridgehead atoms. The molecule has 0 saturated heterocycles. The first kappa shape index (κ1) is 17.7. The van der Waals surface area contributed by atoms with Crippen molar-refractivity contribution in [1.82, 2.24) is 4.90 Å². The molecule has 0 atom stereocenters. The number of carbonyl (C=O) groups is 2. The Balaban J connectivity index is 4.14. The molecule has 5 nitrogen and oxygen atoms in total. The fraction of sp³-hybridized carbons (Fsp3) is 0.818. The minimum atomic E-state index is -4.43. The lowest BCUT2D eigenvalue weighted by molar-refractivity contribution is -0.175. The van der Waals surface area contributed by atoms with E-state index in [1.807, 2.05) is 13.8 Å². The number of amides is 1. The van der Waals surface area contributed by atoms with Gasteiger partial charge in [-0.15, -0.1) is 0 Å². The summed E-state index contributed by atoms with van der Waals surface area (Å²) in [5, 5.41) is 8.65. The third-order valence-corrected chi connectivity index (χ3v) is 1.99. The van der Waals surface area contributed by atoms with Crippen LogP contribution in [0.3, 0.4) is 0 Å². The van der Waals surface area contributed by atoms with Crippen LogP contribution in [0.5, 0.6) is 0 Å². The van der Waals surface area contributed by atoms with Crippen molar-refractivity contribution < 1.29 is 32.6 Å². The largest absolute Gasteiger partial charge is 0.480 e. The maximum Gasteiger partial charge on any atom is 0.411 e. The molecule has 0 saturated carbocycles. The average Bonchev–Trinajstić information content (AvgIpc) is 2.20. The van der Waals surface area contributed by atoms with E-state index in [4.69, 9.17) is 5.11 Å². The van der Waals surface area contributed by atoms with E-state index in [2.05, 4.69) is 4.74 Å². The zero-order valence-electron chi connectivity index (χ0n) is 10.9. The standard InChI is InChI=1S/C11H18F3NO4/c1-8(2)5-15(6-10(17)18)9(16)3-4-19-7-11(12,13)14/h8H,3-7H2,1-2H3,(H,17,18). The number of carboxylic acid groups (broad SMARTS) is 1. The highest BCUT2D eigenvalue weighted by molar-refractivity contribution is 5.81. The van der Waals surface area contributed by atoms with Crippen LogP contribution in [-0.4, -0.2) is 54.4 Å². The lowest BCUT2D eigenvalue weighted by Gasteiger charge is -2.22. The highest BCUT2D eigenvalue weighted by Crippen LogP contribution is 2.14. The third-order valence-electron chi connectivity index (χ3n) is 1.99. The minimum absolute atomic E-state index is 0.0689. The number of hydrogen-bond donors (Lipinski definition) is 1. The van der Waals surface area contributed by atoms with Crippen LogP contribution in [0.4, 0.5) is 13.2 Å². The highest BCUT2D eigenvalue weighted by Gasteiger charge is 2.27. The van der Waals surface area contributed by atoms with E-state index in [9.17, 15) is 22.8 Å². The zero-order valence-corrected chi connectivity index (χ0v) is 10.9. The predicted molar refractivity (Wildman–Crippen MR) is 60.5 cm³/mol. The Morgan fingerprint density at radius 2 is 1.89 bits per heavy atom. The molecule has 0 aromatic rings. The molecule has 0 unspecified atom stereocenters. The lowest BCUT2D eigenvalue weighted by Crippen LogP contribution is -2.38. The molecule has 0 aromatic carbocycles. The predicted octanol–water partition coefficient (Wildman–Crippen LogP) is 1.52. The van der Waals surface area contributed by atoms with E-state index in [1.54, 1.807) is 0 Å². The van der Waals surface area contributed by atoms with E-state index >= 15 is 0 Å². The second-order valence-electron chi connectivity index (χ2n) is 4.48. The number of halogens is 3. The number of aliphatic carboxylic acids is 1. The third kappa shape index (κ3) is 10.3. The molecule has 19 heavy (non-hydrogen) atoms. The Hall–Kier alpha value is -1.31. The Kier molecular flexibility index (Phi) is 7.43. The van der Waals surface area contributed by atoms with Crippen LogP contribution in [0.15, 0.2) is 0 Å². The number of ether oxygens (including phenoxy) is 1. The van der Waals surface area contributed by atoms with Gasteiger partial charge in [0.1, 0.15) is 13.2 Å². The number of carboxylic acids is 1. The Morgan fingerprint density at radius 3 is 2.32 bits per heavy atom. The molecule has 0 aliphatic heterocycles. The van der Waals surface area contributed by atoms with Crippen molar-refractivity contribution in [2.45, 2.75) is 26.4 Å². The Morgan fingerprint density at radius 1 is 1.32 bits per heavy atom. The van der Waals surface area contributed by atoms with Gasteiger partial charge in [-0.3, -0.25) is 9.59 Å². The summed E-state index contributed by atoms with van der Waals surface area (Å²) in [6.07, 6.45) is -4.70. The van der Waals surface area contributed by atoms with Gasteiger partial charge in [0.2, 0.25) is 5.91 Å². The van der Waals surface area contributed by atoms with E-state index in [-0.39, 0.29) is 25.5 Å². The van der Waals surface area contributed by atoms with Crippen molar-refractivity contribution in [3.8, 4) is 0 Å². The average molecular weight is 285 g/mol. The molecule has 0 radical (unpaired) electrons. The second-order valence-corrected chi connectivity index (χ2v) is 4.48. The second kappa shape index (κ2) is 7.98. The lowest BCUT2D eigenvalue weighted by atomic mass is 10.2. The van der Waals surface area contributed by atoms with Crippen LogP contribution >= 0.6 is 0 Å². The van der Waals surface area contributed by atoms with E-state index in [1.165, 1.54) is 0 Å². The minimum Gasteiger partial charge on any atom is -0.480 e. The first-order valence-corrected chi connectivity index (χ1v) is 5.76. The molecule has 0 fully saturated rings. The number of hydrogen-bond acceptors (Lipinski definition) is 3. The summed E-state index contributed by atoms with van der Waals surface area (Å²) in [4.78, 5) is 23.3. The van der Waals surface area contributed by atoms with Gasteiger partial charge in [0, 0.05) is 6.54 Å². The quantitative estimate of drug-likeness (QED) is 0.687. The topological polar surface area (TPSA) is 66.8 Å². The maximum atomic E-state index is 11.8. The molecular weight excluding hydrogens is 267 g/mol. The van der Waals surface area contributed by atoms with Gasteiger partial charge in [0.05, 0.1) is 13.0 Å². The van der Waals surface area contributed by atoms with Crippen molar-refractivity contribution in [2.75, 3.05) is 26.3 Å². The van der Waals surface area contributed by atoms with Crippen molar-refractivity contribution in [1.29, 1.82) is 0 Å². The number of nitrogens with zero attached hydrogens (tertiary/aromatic N) is 1. The highest BCUT2D eigenvalue weighted by atomic mass is 19.4. The normalized spacial score (nSPS) is 11.7. The van der Waals surface area contributed by atoms with Crippen LogP contribution in [0.1, 0.15) is 20.3 Å².